The SMILES string of the molecule is CCSc1ccccc1C(=O)OCC(=O)N1CCN(c2ccc(OC)cc2)CC1. The third-order valence-corrected chi connectivity index (χ3v) is 5.76. The van der Waals surface area contributed by atoms with Crippen molar-refractivity contribution in [1.82, 2.24) is 4.90 Å². The van der Waals surface area contributed by atoms with Crippen LogP contribution in [0.2, 0.25) is 0 Å². The van der Waals surface area contributed by atoms with Gasteiger partial charge in [-0.2, -0.15) is 0 Å². The van der Waals surface area contributed by atoms with E-state index in [0.29, 0.717) is 18.7 Å². The van der Waals surface area contributed by atoms with E-state index in [1.54, 1.807) is 35.9 Å². The molecule has 154 valence electrons. The molecule has 1 saturated heterocycles. The summed E-state index contributed by atoms with van der Waals surface area (Å²) < 4.78 is 10.5. The number of piperazine rings is 1. The Morgan fingerprint density at radius 1 is 1.00 bits per heavy atom. The molecule has 0 N–H and O–H groups in total. The molecule has 0 aromatic heterocycles. The minimum absolute atomic E-state index is 0.159. The number of carbonyl (C=O) groups is 2. The topological polar surface area (TPSA) is 59.1 Å². The Morgan fingerprint density at radius 3 is 2.34 bits per heavy atom. The first-order chi connectivity index (χ1) is 14.1. The summed E-state index contributed by atoms with van der Waals surface area (Å²) in [6, 6.07) is 15.2. The molecule has 29 heavy (non-hydrogen) atoms. The van der Waals surface area contributed by atoms with E-state index in [9.17, 15) is 9.59 Å². The molecule has 1 heterocycles. The molecule has 1 aliphatic heterocycles. The summed E-state index contributed by atoms with van der Waals surface area (Å²) >= 11 is 1.58. The van der Waals surface area contributed by atoms with Crippen molar-refractivity contribution < 1.29 is 19.1 Å². The van der Waals surface area contributed by atoms with Gasteiger partial charge in [0.1, 0.15) is 5.75 Å². The monoisotopic (exact) mass is 414 g/mol. The van der Waals surface area contributed by atoms with Crippen molar-refractivity contribution in [1.29, 1.82) is 0 Å². The second-order valence-corrected chi connectivity index (χ2v) is 7.88. The quantitative estimate of drug-likeness (QED) is 0.512. The van der Waals surface area contributed by atoms with E-state index in [4.69, 9.17) is 9.47 Å². The van der Waals surface area contributed by atoms with Crippen LogP contribution in [0.4, 0.5) is 5.69 Å². The highest BCUT2D eigenvalue weighted by Gasteiger charge is 2.23. The van der Waals surface area contributed by atoms with Gasteiger partial charge >= 0.3 is 5.97 Å². The molecule has 1 amide bonds. The lowest BCUT2D eigenvalue weighted by Gasteiger charge is -2.36. The highest BCUT2D eigenvalue weighted by Crippen LogP contribution is 2.23. The first-order valence-electron chi connectivity index (χ1n) is 9.68. The summed E-state index contributed by atoms with van der Waals surface area (Å²) in [4.78, 5) is 29.7. The van der Waals surface area contributed by atoms with Crippen LogP contribution in [-0.4, -0.2) is 62.4 Å². The van der Waals surface area contributed by atoms with Crippen LogP contribution in [0.25, 0.3) is 0 Å². The Kier molecular flexibility index (Phi) is 7.41. The zero-order valence-electron chi connectivity index (χ0n) is 16.8. The number of hydrogen-bond donors (Lipinski definition) is 0. The van der Waals surface area contributed by atoms with Crippen LogP contribution < -0.4 is 9.64 Å². The highest BCUT2D eigenvalue weighted by molar-refractivity contribution is 7.99. The number of carbonyl (C=O) groups excluding carboxylic acids is 2. The maximum absolute atomic E-state index is 12.5. The fourth-order valence-corrected chi connectivity index (χ4v) is 4.01. The van der Waals surface area contributed by atoms with E-state index >= 15 is 0 Å². The van der Waals surface area contributed by atoms with Crippen LogP contribution >= 0.6 is 11.8 Å². The predicted octanol–water partition coefficient (Wildman–Crippen LogP) is 3.31. The van der Waals surface area contributed by atoms with Crippen molar-refractivity contribution in [3.8, 4) is 5.75 Å². The molecule has 1 fully saturated rings. The average molecular weight is 415 g/mol. The van der Waals surface area contributed by atoms with E-state index < -0.39 is 5.97 Å². The summed E-state index contributed by atoms with van der Waals surface area (Å²) in [6.45, 7) is 4.48. The molecule has 0 spiro atoms. The second kappa shape index (κ2) is 10.2. The Morgan fingerprint density at radius 2 is 1.69 bits per heavy atom. The molecule has 0 atom stereocenters. The average Bonchev–Trinajstić information content (AvgIpc) is 2.78. The molecule has 1 aliphatic rings. The largest absolute Gasteiger partial charge is 0.497 e. The van der Waals surface area contributed by atoms with E-state index in [-0.39, 0.29) is 12.5 Å². The van der Waals surface area contributed by atoms with Gasteiger partial charge in [0.05, 0.1) is 12.7 Å². The summed E-state index contributed by atoms with van der Waals surface area (Å²) in [5.74, 6) is 1.07. The fraction of sp³-hybridized carbons (Fsp3) is 0.364. The number of esters is 1. The molecule has 0 bridgehead atoms. The summed E-state index contributed by atoms with van der Waals surface area (Å²) in [7, 11) is 1.65. The van der Waals surface area contributed by atoms with Gasteiger partial charge in [0.2, 0.25) is 0 Å². The molecule has 2 aromatic rings. The van der Waals surface area contributed by atoms with Crippen LogP contribution in [0.3, 0.4) is 0 Å². The third-order valence-electron chi connectivity index (χ3n) is 4.80. The number of rotatable bonds is 7. The Hall–Kier alpha value is -2.67. The number of benzene rings is 2. The van der Waals surface area contributed by atoms with Crippen LogP contribution in [0.1, 0.15) is 17.3 Å². The summed E-state index contributed by atoms with van der Waals surface area (Å²) in [5.41, 5.74) is 1.62. The summed E-state index contributed by atoms with van der Waals surface area (Å²) in [6.07, 6.45) is 0. The first-order valence-corrected chi connectivity index (χ1v) is 10.7. The number of ether oxygens (including phenoxy) is 2. The van der Waals surface area contributed by atoms with Crippen LogP contribution in [0, 0.1) is 0 Å². The number of hydrogen-bond acceptors (Lipinski definition) is 6. The molecule has 6 nitrogen and oxygen atoms in total. The van der Waals surface area contributed by atoms with Gasteiger partial charge in [0.15, 0.2) is 6.61 Å². The van der Waals surface area contributed by atoms with Gasteiger partial charge in [-0.3, -0.25) is 4.79 Å². The Bertz CT molecular complexity index is 833. The number of amides is 1. The van der Waals surface area contributed by atoms with E-state index in [1.165, 1.54) is 0 Å². The lowest BCUT2D eigenvalue weighted by Crippen LogP contribution is -2.49. The van der Waals surface area contributed by atoms with Gasteiger partial charge in [-0.1, -0.05) is 19.1 Å². The van der Waals surface area contributed by atoms with Crippen molar-refractivity contribution in [2.24, 2.45) is 0 Å². The predicted molar refractivity (Wildman–Crippen MR) is 115 cm³/mol. The lowest BCUT2D eigenvalue weighted by molar-refractivity contribution is -0.134. The second-order valence-electron chi connectivity index (χ2n) is 6.57. The number of thioether (sulfide) groups is 1. The van der Waals surface area contributed by atoms with Crippen LogP contribution in [-0.2, 0) is 9.53 Å². The zero-order chi connectivity index (χ0) is 20.6. The molecular formula is C22H26N2O4S. The molecule has 0 aliphatic carbocycles. The maximum Gasteiger partial charge on any atom is 0.339 e. The Labute approximate surface area is 175 Å². The zero-order valence-corrected chi connectivity index (χ0v) is 17.6. The lowest BCUT2D eigenvalue weighted by atomic mass is 10.2. The summed E-state index contributed by atoms with van der Waals surface area (Å²) in [5, 5.41) is 0. The van der Waals surface area contributed by atoms with Gasteiger partial charge in [0.25, 0.3) is 5.91 Å². The molecular weight excluding hydrogens is 388 g/mol. The van der Waals surface area contributed by atoms with Crippen molar-refractivity contribution in [3.05, 3.63) is 54.1 Å². The molecule has 0 saturated carbocycles. The number of nitrogens with zero attached hydrogens (tertiary/aromatic N) is 2. The van der Waals surface area contributed by atoms with Crippen molar-refractivity contribution in [3.63, 3.8) is 0 Å². The molecule has 0 unspecified atom stereocenters. The van der Waals surface area contributed by atoms with Gasteiger partial charge in [-0.05, 0) is 42.2 Å². The Balaban J connectivity index is 1.49. The maximum atomic E-state index is 12.5. The molecule has 2 aromatic carbocycles. The normalized spacial score (nSPS) is 13.9. The smallest absolute Gasteiger partial charge is 0.339 e. The standard InChI is InChI=1S/C22H26N2O4S/c1-3-29-20-7-5-4-6-19(20)22(26)28-16-21(25)24-14-12-23(13-15-24)17-8-10-18(27-2)11-9-17/h4-11H,3,12-16H2,1-2H3. The van der Waals surface area contributed by atoms with Crippen LogP contribution in [0.5, 0.6) is 5.75 Å². The van der Waals surface area contributed by atoms with Gasteiger partial charge in [-0.25, -0.2) is 4.79 Å². The van der Waals surface area contributed by atoms with E-state index in [0.717, 1.165) is 35.2 Å². The van der Waals surface area contributed by atoms with E-state index in [2.05, 4.69) is 4.90 Å². The van der Waals surface area contributed by atoms with Gasteiger partial charge < -0.3 is 19.3 Å². The van der Waals surface area contributed by atoms with Gasteiger partial charge in [-0.15, -0.1) is 11.8 Å². The number of anilines is 1. The van der Waals surface area contributed by atoms with Crippen molar-refractivity contribution >= 4 is 29.3 Å². The third kappa shape index (κ3) is 5.44. The highest BCUT2D eigenvalue weighted by atomic mass is 32.2. The van der Waals surface area contributed by atoms with Crippen molar-refractivity contribution in [2.45, 2.75) is 11.8 Å². The first kappa shape index (κ1) is 21.0. The molecule has 0 radical (unpaired) electrons. The molecule has 3 rings (SSSR count). The van der Waals surface area contributed by atoms with Gasteiger partial charge in [0, 0.05) is 36.8 Å². The molecule has 7 heteroatoms. The van der Waals surface area contributed by atoms with E-state index in [1.807, 2.05) is 43.3 Å². The van der Waals surface area contributed by atoms with Crippen molar-refractivity contribution in [2.75, 3.05) is 50.5 Å². The minimum atomic E-state index is -0.452. The number of methoxy groups -OCH3 is 1. The minimum Gasteiger partial charge on any atom is -0.497 e. The van der Waals surface area contributed by atoms with Crippen LogP contribution in [0.15, 0.2) is 53.4 Å². The fourth-order valence-electron chi connectivity index (χ4n) is 3.22.